The van der Waals surface area contributed by atoms with Gasteiger partial charge >= 0.3 is 0 Å². The van der Waals surface area contributed by atoms with Crippen LogP contribution in [0.25, 0.3) is 22.3 Å². The van der Waals surface area contributed by atoms with Crippen LogP contribution in [0.1, 0.15) is 5.56 Å². The van der Waals surface area contributed by atoms with Gasteiger partial charge in [0.1, 0.15) is 11.3 Å². The molecule has 0 unspecified atom stereocenters. The highest BCUT2D eigenvalue weighted by Crippen LogP contribution is 2.24. The predicted molar refractivity (Wildman–Crippen MR) is 101 cm³/mol. The molecule has 128 valence electrons. The van der Waals surface area contributed by atoms with Crippen LogP contribution in [0.15, 0.2) is 77.9 Å². The topological polar surface area (TPSA) is 57.0 Å². The molecule has 0 radical (unpaired) electrons. The van der Waals surface area contributed by atoms with Gasteiger partial charge in [0.05, 0.1) is 19.9 Å². The van der Waals surface area contributed by atoms with Gasteiger partial charge in [0.15, 0.2) is 5.65 Å². The van der Waals surface area contributed by atoms with Crippen LogP contribution in [-0.2, 0) is 6.54 Å². The summed E-state index contributed by atoms with van der Waals surface area (Å²) in [4.78, 5) is 20.8. The summed E-state index contributed by atoms with van der Waals surface area (Å²) in [5.41, 5.74) is 4.29. The highest BCUT2D eigenvalue weighted by molar-refractivity contribution is 5.69. The summed E-state index contributed by atoms with van der Waals surface area (Å²) in [6.45, 7) is 0.437. The van der Waals surface area contributed by atoms with Crippen molar-refractivity contribution < 1.29 is 4.74 Å². The fraction of sp³-hybridized carbons (Fsp3) is 0.0952. The van der Waals surface area contributed by atoms with E-state index in [0.717, 1.165) is 22.4 Å². The first kappa shape index (κ1) is 16.0. The molecule has 0 fully saturated rings. The van der Waals surface area contributed by atoms with Crippen LogP contribution in [0.4, 0.5) is 0 Å². The SMILES string of the molecule is COc1cccc(-c2cccc(Cn3c(=O)cnc4cccnc43)c2)c1. The number of fused-ring (bicyclic) bond motifs is 1. The van der Waals surface area contributed by atoms with Crippen LogP contribution in [-0.4, -0.2) is 21.6 Å². The van der Waals surface area contributed by atoms with Crippen molar-refractivity contribution in [1.29, 1.82) is 0 Å². The molecule has 0 aliphatic carbocycles. The Bertz CT molecular complexity index is 1140. The molecule has 26 heavy (non-hydrogen) atoms. The van der Waals surface area contributed by atoms with E-state index in [-0.39, 0.29) is 5.56 Å². The minimum atomic E-state index is -0.164. The molecule has 0 spiro atoms. The molecule has 4 rings (SSSR count). The van der Waals surface area contributed by atoms with E-state index in [4.69, 9.17) is 4.74 Å². The zero-order valence-electron chi connectivity index (χ0n) is 14.3. The third-order valence-electron chi connectivity index (χ3n) is 4.27. The van der Waals surface area contributed by atoms with Crippen molar-refractivity contribution >= 4 is 11.2 Å². The largest absolute Gasteiger partial charge is 0.497 e. The third-order valence-corrected chi connectivity index (χ3v) is 4.27. The number of nitrogens with zero attached hydrogens (tertiary/aromatic N) is 3. The number of benzene rings is 2. The second-order valence-corrected chi connectivity index (χ2v) is 5.96. The van der Waals surface area contributed by atoms with E-state index in [0.29, 0.717) is 17.7 Å². The third kappa shape index (κ3) is 3.07. The van der Waals surface area contributed by atoms with Crippen molar-refractivity contribution in [3.63, 3.8) is 0 Å². The molecular formula is C21H17N3O2. The summed E-state index contributed by atoms with van der Waals surface area (Å²) in [6, 6.07) is 19.7. The summed E-state index contributed by atoms with van der Waals surface area (Å²) in [5.74, 6) is 0.813. The minimum Gasteiger partial charge on any atom is -0.497 e. The fourth-order valence-corrected chi connectivity index (χ4v) is 2.98. The van der Waals surface area contributed by atoms with Gasteiger partial charge < -0.3 is 4.74 Å². The van der Waals surface area contributed by atoms with Gasteiger partial charge in [0.2, 0.25) is 0 Å². The number of hydrogen-bond donors (Lipinski definition) is 0. The van der Waals surface area contributed by atoms with Crippen LogP contribution in [0, 0.1) is 0 Å². The lowest BCUT2D eigenvalue weighted by Crippen LogP contribution is -2.21. The van der Waals surface area contributed by atoms with E-state index < -0.39 is 0 Å². The predicted octanol–water partition coefficient (Wildman–Crippen LogP) is 3.52. The van der Waals surface area contributed by atoms with Gasteiger partial charge in [0.25, 0.3) is 5.56 Å². The van der Waals surface area contributed by atoms with Crippen LogP contribution in [0.2, 0.25) is 0 Å². The van der Waals surface area contributed by atoms with Crippen molar-refractivity contribution in [2.75, 3.05) is 7.11 Å². The number of aromatic nitrogens is 3. The smallest absolute Gasteiger partial charge is 0.270 e. The molecule has 0 N–H and O–H groups in total. The van der Waals surface area contributed by atoms with Gasteiger partial charge in [-0.3, -0.25) is 9.36 Å². The Balaban J connectivity index is 1.74. The lowest BCUT2D eigenvalue weighted by atomic mass is 10.0. The summed E-state index contributed by atoms with van der Waals surface area (Å²) in [6.07, 6.45) is 3.02. The zero-order valence-corrected chi connectivity index (χ0v) is 14.3. The Labute approximate surface area is 150 Å². The number of ether oxygens (including phenoxy) is 1. The molecule has 2 heterocycles. The van der Waals surface area contributed by atoms with E-state index in [2.05, 4.69) is 16.0 Å². The highest BCUT2D eigenvalue weighted by atomic mass is 16.5. The summed E-state index contributed by atoms with van der Waals surface area (Å²) in [5, 5.41) is 0. The van der Waals surface area contributed by atoms with Crippen molar-refractivity contribution in [2.24, 2.45) is 0 Å². The molecule has 0 aliphatic rings. The molecule has 2 aromatic carbocycles. The minimum absolute atomic E-state index is 0.164. The number of pyridine rings is 1. The van der Waals surface area contributed by atoms with Gasteiger partial charge in [-0.1, -0.05) is 30.3 Å². The van der Waals surface area contributed by atoms with Crippen LogP contribution in [0.3, 0.4) is 0 Å². The van der Waals surface area contributed by atoms with Gasteiger partial charge in [-0.2, -0.15) is 0 Å². The van der Waals surface area contributed by atoms with E-state index in [1.807, 2.05) is 54.6 Å². The molecule has 0 saturated heterocycles. The number of methoxy groups -OCH3 is 1. The average Bonchev–Trinajstić information content (AvgIpc) is 2.70. The van der Waals surface area contributed by atoms with Crippen LogP contribution >= 0.6 is 0 Å². The van der Waals surface area contributed by atoms with Gasteiger partial charge in [-0.25, -0.2) is 9.97 Å². The number of hydrogen-bond acceptors (Lipinski definition) is 4. The molecule has 5 nitrogen and oxygen atoms in total. The van der Waals surface area contributed by atoms with E-state index >= 15 is 0 Å². The van der Waals surface area contributed by atoms with Crippen LogP contribution < -0.4 is 10.3 Å². The maximum absolute atomic E-state index is 12.3. The molecule has 0 aliphatic heterocycles. The monoisotopic (exact) mass is 343 g/mol. The Morgan fingerprint density at radius 1 is 0.962 bits per heavy atom. The second kappa shape index (κ2) is 6.80. The lowest BCUT2D eigenvalue weighted by Gasteiger charge is -2.10. The van der Waals surface area contributed by atoms with Gasteiger partial charge in [0, 0.05) is 6.20 Å². The summed E-state index contributed by atoms with van der Waals surface area (Å²) < 4.78 is 6.95. The standard InChI is InChI=1S/C21H17N3O2/c1-26-18-8-3-7-17(12-18)16-6-2-5-15(11-16)14-24-20(25)13-23-19-9-4-10-22-21(19)24/h2-13H,14H2,1H3. The molecule has 4 aromatic rings. The zero-order chi connectivity index (χ0) is 17.9. The van der Waals surface area contributed by atoms with Gasteiger partial charge in [-0.15, -0.1) is 0 Å². The second-order valence-electron chi connectivity index (χ2n) is 5.96. The van der Waals surface area contributed by atoms with E-state index in [1.165, 1.54) is 6.20 Å². The molecule has 5 heteroatoms. The van der Waals surface area contributed by atoms with Crippen molar-refractivity contribution in [3.8, 4) is 16.9 Å². The van der Waals surface area contributed by atoms with E-state index in [1.54, 1.807) is 17.9 Å². The molecule has 2 aromatic heterocycles. The number of rotatable bonds is 4. The molecule has 0 bridgehead atoms. The quantitative estimate of drug-likeness (QED) is 0.569. The van der Waals surface area contributed by atoms with Crippen molar-refractivity contribution in [1.82, 2.24) is 14.5 Å². The van der Waals surface area contributed by atoms with E-state index in [9.17, 15) is 4.79 Å². The first-order valence-electron chi connectivity index (χ1n) is 8.28. The van der Waals surface area contributed by atoms with Crippen molar-refractivity contribution in [2.45, 2.75) is 6.54 Å². The Morgan fingerprint density at radius 2 is 1.77 bits per heavy atom. The summed E-state index contributed by atoms with van der Waals surface area (Å²) >= 11 is 0. The average molecular weight is 343 g/mol. The lowest BCUT2D eigenvalue weighted by molar-refractivity contribution is 0.415. The summed E-state index contributed by atoms with van der Waals surface area (Å²) in [7, 11) is 1.66. The first-order chi connectivity index (χ1) is 12.7. The Kier molecular flexibility index (Phi) is 4.19. The maximum Gasteiger partial charge on any atom is 0.270 e. The molecule has 0 atom stereocenters. The normalized spacial score (nSPS) is 10.8. The fourth-order valence-electron chi connectivity index (χ4n) is 2.98. The van der Waals surface area contributed by atoms with Crippen molar-refractivity contribution in [3.05, 3.63) is 89.0 Å². The highest BCUT2D eigenvalue weighted by Gasteiger charge is 2.07. The van der Waals surface area contributed by atoms with Crippen LogP contribution in [0.5, 0.6) is 5.75 Å². The molecule has 0 saturated carbocycles. The van der Waals surface area contributed by atoms with Gasteiger partial charge in [-0.05, 0) is 47.0 Å². The Hall–Kier alpha value is -3.47. The molecule has 0 amide bonds. The Morgan fingerprint density at radius 3 is 2.62 bits per heavy atom. The first-order valence-corrected chi connectivity index (χ1v) is 8.28. The maximum atomic E-state index is 12.3. The molecular weight excluding hydrogens is 326 g/mol.